The first-order valence-corrected chi connectivity index (χ1v) is 6.22. The average Bonchev–Trinajstić information content (AvgIpc) is 2.82. The summed E-state index contributed by atoms with van der Waals surface area (Å²) in [4.78, 5) is 36.5. The van der Waals surface area contributed by atoms with Crippen molar-refractivity contribution in [1.29, 1.82) is 0 Å². The van der Waals surface area contributed by atoms with Crippen LogP contribution in [0.3, 0.4) is 0 Å². The van der Waals surface area contributed by atoms with E-state index < -0.39 is 30.3 Å². The lowest BCUT2D eigenvalue weighted by molar-refractivity contribution is -0.145. The summed E-state index contributed by atoms with van der Waals surface area (Å²) >= 11 is 0. The summed E-state index contributed by atoms with van der Waals surface area (Å²) in [6.07, 6.45) is -0.680. The molecule has 21 heavy (non-hydrogen) atoms. The Morgan fingerprint density at radius 3 is 2.57 bits per heavy atom. The fourth-order valence-corrected chi connectivity index (χ4v) is 2.04. The third kappa shape index (κ3) is 3.19. The number of carboxylic acids is 2. The number of benzene rings is 1. The number of nitrogens with one attached hydrogen (secondary N) is 2. The number of hydrogen-bond donors (Lipinski definition) is 4. The molecule has 1 atom stereocenters. The smallest absolute Gasteiger partial charge is 0.326 e. The quantitative estimate of drug-likeness (QED) is 0.658. The molecule has 0 bridgehead atoms. The molecule has 7 heteroatoms. The minimum absolute atomic E-state index is 0.191. The number of para-hydroxylation sites is 1. The highest BCUT2D eigenvalue weighted by Gasteiger charge is 2.24. The Labute approximate surface area is 119 Å². The van der Waals surface area contributed by atoms with E-state index in [1.807, 2.05) is 25.1 Å². The maximum absolute atomic E-state index is 12.0. The number of rotatable bonds is 5. The molecule has 0 spiro atoms. The van der Waals surface area contributed by atoms with Crippen LogP contribution in [-0.4, -0.2) is 39.1 Å². The summed E-state index contributed by atoms with van der Waals surface area (Å²) in [5.74, 6) is -3.34. The molecule has 0 saturated carbocycles. The van der Waals surface area contributed by atoms with Crippen LogP contribution in [0.4, 0.5) is 0 Å². The van der Waals surface area contributed by atoms with Crippen LogP contribution in [0.5, 0.6) is 0 Å². The molecule has 0 radical (unpaired) electrons. The van der Waals surface area contributed by atoms with Gasteiger partial charge >= 0.3 is 11.9 Å². The number of hydrogen-bond acceptors (Lipinski definition) is 3. The van der Waals surface area contributed by atoms with Gasteiger partial charge in [0.1, 0.15) is 11.7 Å². The minimum atomic E-state index is -1.47. The van der Waals surface area contributed by atoms with E-state index in [-0.39, 0.29) is 5.69 Å². The number of carbonyl (C=O) groups is 3. The SMILES string of the molecule is Cc1cccc2cc(C(=O)N[C@H](CC(=O)O)C(=O)O)[nH]c12. The monoisotopic (exact) mass is 290 g/mol. The summed E-state index contributed by atoms with van der Waals surface area (Å²) < 4.78 is 0. The van der Waals surface area contributed by atoms with Gasteiger partial charge in [-0.1, -0.05) is 18.2 Å². The van der Waals surface area contributed by atoms with Crippen LogP contribution in [0, 0.1) is 6.92 Å². The van der Waals surface area contributed by atoms with Crippen molar-refractivity contribution in [2.75, 3.05) is 0 Å². The van der Waals surface area contributed by atoms with Gasteiger partial charge in [-0.05, 0) is 18.6 Å². The number of H-pyrrole nitrogens is 1. The van der Waals surface area contributed by atoms with E-state index in [9.17, 15) is 14.4 Å². The maximum atomic E-state index is 12.0. The van der Waals surface area contributed by atoms with E-state index in [2.05, 4.69) is 10.3 Å². The van der Waals surface area contributed by atoms with Gasteiger partial charge in [0.15, 0.2) is 0 Å². The van der Waals surface area contributed by atoms with Crippen molar-refractivity contribution in [3.63, 3.8) is 0 Å². The van der Waals surface area contributed by atoms with Crippen molar-refractivity contribution in [2.45, 2.75) is 19.4 Å². The first-order chi connectivity index (χ1) is 9.88. The largest absolute Gasteiger partial charge is 0.481 e. The van der Waals surface area contributed by atoms with Crippen LogP contribution in [0.15, 0.2) is 24.3 Å². The number of carbonyl (C=O) groups excluding carboxylic acids is 1. The zero-order chi connectivity index (χ0) is 15.6. The highest BCUT2D eigenvalue weighted by Crippen LogP contribution is 2.18. The van der Waals surface area contributed by atoms with Crippen LogP contribution >= 0.6 is 0 Å². The summed E-state index contributed by atoms with van der Waals surface area (Å²) in [5, 5.41) is 20.6. The Morgan fingerprint density at radius 1 is 1.29 bits per heavy atom. The molecule has 0 saturated heterocycles. The Bertz CT molecular complexity index is 719. The molecule has 7 nitrogen and oxygen atoms in total. The molecule has 1 aromatic heterocycles. The molecule has 0 aliphatic heterocycles. The zero-order valence-corrected chi connectivity index (χ0v) is 11.2. The predicted molar refractivity (Wildman–Crippen MR) is 74.2 cm³/mol. The number of aromatic amines is 1. The van der Waals surface area contributed by atoms with Crippen molar-refractivity contribution >= 4 is 28.7 Å². The molecule has 0 aliphatic rings. The number of aryl methyl sites for hydroxylation is 1. The average molecular weight is 290 g/mol. The summed E-state index contributed by atoms with van der Waals surface area (Å²) in [6, 6.07) is 5.67. The molecular weight excluding hydrogens is 276 g/mol. The van der Waals surface area contributed by atoms with Gasteiger partial charge in [0, 0.05) is 10.9 Å². The van der Waals surface area contributed by atoms with E-state index in [1.165, 1.54) is 0 Å². The van der Waals surface area contributed by atoms with Gasteiger partial charge < -0.3 is 20.5 Å². The first-order valence-electron chi connectivity index (χ1n) is 6.22. The number of aliphatic carboxylic acids is 2. The standard InChI is InChI=1S/C14H14N2O5/c1-7-3-2-4-8-5-9(15-12(7)8)13(19)16-10(14(20)21)6-11(17)18/h2-5,10,15H,6H2,1H3,(H,16,19)(H,17,18)(H,20,21)/t10-/m1/s1. The molecule has 110 valence electrons. The van der Waals surface area contributed by atoms with Crippen molar-refractivity contribution in [3.05, 3.63) is 35.5 Å². The van der Waals surface area contributed by atoms with Gasteiger partial charge in [-0.25, -0.2) is 4.79 Å². The van der Waals surface area contributed by atoms with E-state index >= 15 is 0 Å². The second-order valence-corrected chi connectivity index (χ2v) is 4.68. The van der Waals surface area contributed by atoms with Crippen molar-refractivity contribution in [2.24, 2.45) is 0 Å². The normalized spacial score (nSPS) is 12.0. The van der Waals surface area contributed by atoms with Crippen LogP contribution in [0.2, 0.25) is 0 Å². The molecule has 0 unspecified atom stereocenters. The van der Waals surface area contributed by atoms with Gasteiger partial charge in [0.05, 0.1) is 6.42 Å². The van der Waals surface area contributed by atoms with Gasteiger partial charge in [-0.15, -0.1) is 0 Å². The molecule has 2 rings (SSSR count). The van der Waals surface area contributed by atoms with Crippen LogP contribution in [0.25, 0.3) is 10.9 Å². The highest BCUT2D eigenvalue weighted by molar-refractivity contribution is 6.00. The molecule has 0 aliphatic carbocycles. The second kappa shape index (κ2) is 5.66. The fraction of sp³-hybridized carbons (Fsp3) is 0.214. The van der Waals surface area contributed by atoms with Crippen LogP contribution in [0.1, 0.15) is 22.5 Å². The van der Waals surface area contributed by atoms with Gasteiger partial charge in [-0.2, -0.15) is 0 Å². The molecule has 1 heterocycles. The lowest BCUT2D eigenvalue weighted by atomic mass is 10.2. The lowest BCUT2D eigenvalue weighted by Crippen LogP contribution is -2.42. The molecule has 2 aromatic rings. The predicted octanol–water partition coefficient (Wildman–Crippen LogP) is 1.13. The van der Waals surface area contributed by atoms with E-state index in [0.29, 0.717) is 0 Å². The van der Waals surface area contributed by atoms with Gasteiger partial charge in [-0.3, -0.25) is 9.59 Å². The topological polar surface area (TPSA) is 119 Å². The Balaban J connectivity index is 2.23. The number of fused-ring (bicyclic) bond motifs is 1. The highest BCUT2D eigenvalue weighted by atomic mass is 16.4. The summed E-state index contributed by atoms with van der Waals surface area (Å²) in [5.41, 5.74) is 1.93. The Morgan fingerprint density at radius 2 is 2.00 bits per heavy atom. The van der Waals surface area contributed by atoms with Crippen molar-refractivity contribution in [1.82, 2.24) is 10.3 Å². The van der Waals surface area contributed by atoms with Crippen LogP contribution in [-0.2, 0) is 9.59 Å². The van der Waals surface area contributed by atoms with Gasteiger partial charge in [0.25, 0.3) is 5.91 Å². The summed E-state index contributed by atoms with van der Waals surface area (Å²) in [6.45, 7) is 1.88. The Kier molecular flexibility index (Phi) is 3.93. The molecule has 0 fully saturated rings. The third-order valence-electron chi connectivity index (χ3n) is 3.09. The minimum Gasteiger partial charge on any atom is -0.481 e. The molecular formula is C14H14N2O5. The summed E-state index contributed by atoms with van der Waals surface area (Å²) in [7, 11) is 0. The van der Waals surface area contributed by atoms with Crippen molar-refractivity contribution < 1.29 is 24.6 Å². The Hall–Kier alpha value is -2.83. The fourth-order valence-electron chi connectivity index (χ4n) is 2.04. The maximum Gasteiger partial charge on any atom is 0.326 e. The van der Waals surface area contributed by atoms with Gasteiger partial charge in [0.2, 0.25) is 0 Å². The molecule has 4 N–H and O–H groups in total. The van der Waals surface area contributed by atoms with E-state index in [4.69, 9.17) is 10.2 Å². The number of aromatic nitrogens is 1. The van der Waals surface area contributed by atoms with Crippen LogP contribution < -0.4 is 5.32 Å². The van der Waals surface area contributed by atoms with Crippen molar-refractivity contribution in [3.8, 4) is 0 Å². The third-order valence-corrected chi connectivity index (χ3v) is 3.09. The zero-order valence-electron chi connectivity index (χ0n) is 11.2. The number of amides is 1. The number of carboxylic acid groups (broad SMARTS) is 2. The first kappa shape index (κ1) is 14.6. The van der Waals surface area contributed by atoms with E-state index in [0.717, 1.165) is 16.5 Å². The molecule has 1 amide bonds. The second-order valence-electron chi connectivity index (χ2n) is 4.68. The lowest BCUT2D eigenvalue weighted by Gasteiger charge is -2.11. The van der Waals surface area contributed by atoms with E-state index in [1.54, 1.807) is 6.07 Å². The molecule has 1 aromatic carbocycles.